The van der Waals surface area contributed by atoms with Crippen molar-refractivity contribution < 1.29 is 9.84 Å². The summed E-state index contributed by atoms with van der Waals surface area (Å²) in [6.45, 7) is 6.43. The molecule has 0 aromatic heterocycles. The van der Waals surface area contributed by atoms with Crippen LogP contribution in [-0.2, 0) is 6.54 Å². The van der Waals surface area contributed by atoms with Gasteiger partial charge in [0.2, 0.25) is 0 Å². The van der Waals surface area contributed by atoms with Crippen molar-refractivity contribution in [2.45, 2.75) is 26.8 Å². The van der Waals surface area contributed by atoms with Crippen molar-refractivity contribution in [3.8, 4) is 11.5 Å². The van der Waals surface area contributed by atoms with Crippen LogP contribution in [0.25, 0.3) is 0 Å². The molecule has 0 radical (unpaired) electrons. The number of aromatic hydroxyl groups is 1. The number of rotatable bonds is 6. The molecule has 0 bridgehead atoms. The molecule has 0 fully saturated rings. The van der Waals surface area contributed by atoms with E-state index in [1.165, 1.54) is 6.42 Å². The van der Waals surface area contributed by atoms with E-state index in [0.717, 1.165) is 18.7 Å². The highest BCUT2D eigenvalue weighted by atomic mass is 16.5. The Labute approximate surface area is 104 Å². The van der Waals surface area contributed by atoms with Gasteiger partial charge in [0.05, 0.1) is 7.11 Å². The number of methoxy groups -OCH3 is 1. The Morgan fingerprint density at radius 2 is 2.12 bits per heavy atom. The van der Waals surface area contributed by atoms with Gasteiger partial charge < -0.3 is 14.7 Å². The average Bonchev–Trinajstić information content (AvgIpc) is 2.31. The Hall–Kier alpha value is -1.22. The van der Waals surface area contributed by atoms with Crippen LogP contribution in [0.1, 0.15) is 25.8 Å². The molecule has 0 saturated heterocycles. The summed E-state index contributed by atoms with van der Waals surface area (Å²) in [5.41, 5.74) is 1.16. The highest BCUT2D eigenvalue weighted by Gasteiger charge is 2.07. The summed E-state index contributed by atoms with van der Waals surface area (Å²) in [7, 11) is 3.69. The van der Waals surface area contributed by atoms with Gasteiger partial charge in [-0.15, -0.1) is 0 Å². The van der Waals surface area contributed by atoms with Gasteiger partial charge in [0.15, 0.2) is 11.5 Å². The lowest BCUT2D eigenvalue weighted by molar-refractivity contribution is 0.274. The van der Waals surface area contributed by atoms with Gasteiger partial charge in [-0.05, 0) is 30.7 Å². The largest absolute Gasteiger partial charge is 0.504 e. The van der Waals surface area contributed by atoms with Gasteiger partial charge >= 0.3 is 0 Å². The summed E-state index contributed by atoms with van der Waals surface area (Å²) in [5.74, 6) is 1.44. The van der Waals surface area contributed by atoms with E-state index in [1.807, 2.05) is 12.1 Å². The third-order valence-corrected chi connectivity index (χ3v) is 3.02. The van der Waals surface area contributed by atoms with Crippen LogP contribution in [-0.4, -0.2) is 30.7 Å². The molecule has 17 heavy (non-hydrogen) atoms. The van der Waals surface area contributed by atoms with Crippen LogP contribution >= 0.6 is 0 Å². The van der Waals surface area contributed by atoms with E-state index in [4.69, 9.17) is 4.74 Å². The summed E-state index contributed by atoms with van der Waals surface area (Å²) in [6.07, 6.45) is 1.20. The average molecular weight is 237 g/mol. The minimum absolute atomic E-state index is 0.195. The third kappa shape index (κ3) is 4.27. The lowest BCUT2D eigenvalue weighted by atomic mass is 10.1. The molecule has 1 aromatic carbocycles. The number of ether oxygens (including phenoxy) is 1. The van der Waals surface area contributed by atoms with Crippen LogP contribution in [0.3, 0.4) is 0 Å². The Morgan fingerprint density at radius 1 is 1.41 bits per heavy atom. The van der Waals surface area contributed by atoms with Crippen molar-refractivity contribution in [3.63, 3.8) is 0 Å². The number of nitrogens with zero attached hydrogens (tertiary/aromatic N) is 1. The summed E-state index contributed by atoms with van der Waals surface area (Å²) >= 11 is 0. The standard InChI is InChI=1S/C14H23NO2/c1-5-11(2)9-15(3)10-12-6-7-13(16)14(8-12)17-4/h6-8,11,16H,5,9-10H2,1-4H3. The molecule has 0 spiro atoms. The summed E-state index contributed by atoms with van der Waals surface area (Å²) in [4.78, 5) is 2.29. The van der Waals surface area contributed by atoms with Crippen molar-refractivity contribution >= 4 is 0 Å². The van der Waals surface area contributed by atoms with Gasteiger partial charge in [-0.1, -0.05) is 26.3 Å². The van der Waals surface area contributed by atoms with Gasteiger partial charge in [-0.3, -0.25) is 0 Å². The monoisotopic (exact) mass is 237 g/mol. The number of phenols is 1. The van der Waals surface area contributed by atoms with E-state index in [2.05, 4.69) is 25.8 Å². The predicted molar refractivity (Wildman–Crippen MR) is 70.4 cm³/mol. The minimum atomic E-state index is 0.195. The zero-order valence-electron chi connectivity index (χ0n) is 11.2. The maximum absolute atomic E-state index is 9.51. The van der Waals surface area contributed by atoms with Gasteiger partial charge in [-0.25, -0.2) is 0 Å². The van der Waals surface area contributed by atoms with E-state index < -0.39 is 0 Å². The van der Waals surface area contributed by atoms with Crippen LogP contribution in [0.15, 0.2) is 18.2 Å². The number of benzene rings is 1. The summed E-state index contributed by atoms with van der Waals surface area (Å²) in [5, 5.41) is 9.51. The molecule has 1 unspecified atom stereocenters. The summed E-state index contributed by atoms with van der Waals surface area (Å²) in [6, 6.07) is 5.51. The number of hydrogen-bond acceptors (Lipinski definition) is 3. The maximum Gasteiger partial charge on any atom is 0.160 e. The molecule has 3 nitrogen and oxygen atoms in total. The fraction of sp³-hybridized carbons (Fsp3) is 0.571. The fourth-order valence-electron chi connectivity index (χ4n) is 1.86. The minimum Gasteiger partial charge on any atom is -0.504 e. The second-order valence-electron chi connectivity index (χ2n) is 4.72. The first-order valence-electron chi connectivity index (χ1n) is 6.11. The van der Waals surface area contributed by atoms with E-state index >= 15 is 0 Å². The first-order chi connectivity index (χ1) is 8.06. The second kappa shape index (κ2) is 6.50. The Morgan fingerprint density at radius 3 is 2.71 bits per heavy atom. The first kappa shape index (κ1) is 13.8. The molecule has 1 N–H and O–H groups in total. The molecular weight excluding hydrogens is 214 g/mol. The highest BCUT2D eigenvalue weighted by Crippen LogP contribution is 2.26. The van der Waals surface area contributed by atoms with E-state index in [0.29, 0.717) is 11.7 Å². The van der Waals surface area contributed by atoms with E-state index in [-0.39, 0.29) is 5.75 Å². The smallest absolute Gasteiger partial charge is 0.160 e. The molecule has 3 heteroatoms. The molecule has 1 aromatic rings. The van der Waals surface area contributed by atoms with Gasteiger partial charge in [0.25, 0.3) is 0 Å². The third-order valence-electron chi connectivity index (χ3n) is 3.02. The molecular formula is C14H23NO2. The molecule has 0 aliphatic carbocycles. The lowest BCUT2D eigenvalue weighted by Crippen LogP contribution is -2.23. The molecule has 1 rings (SSSR count). The quantitative estimate of drug-likeness (QED) is 0.825. The van der Waals surface area contributed by atoms with E-state index in [1.54, 1.807) is 13.2 Å². The van der Waals surface area contributed by atoms with Gasteiger partial charge in [0.1, 0.15) is 0 Å². The van der Waals surface area contributed by atoms with Crippen LogP contribution in [0.4, 0.5) is 0 Å². The number of phenolic OH excluding ortho intramolecular Hbond substituents is 1. The zero-order chi connectivity index (χ0) is 12.8. The van der Waals surface area contributed by atoms with Gasteiger partial charge in [-0.2, -0.15) is 0 Å². The predicted octanol–water partition coefficient (Wildman–Crippen LogP) is 2.88. The second-order valence-corrected chi connectivity index (χ2v) is 4.72. The van der Waals surface area contributed by atoms with E-state index in [9.17, 15) is 5.11 Å². The molecule has 1 atom stereocenters. The maximum atomic E-state index is 9.51. The molecule has 0 heterocycles. The molecule has 0 amide bonds. The Bertz CT molecular complexity index is 352. The highest BCUT2D eigenvalue weighted by molar-refractivity contribution is 5.41. The summed E-state index contributed by atoms with van der Waals surface area (Å²) < 4.78 is 5.10. The Balaban J connectivity index is 2.62. The van der Waals surface area contributed by atoms with Crippen LogP contribution in [0, 0.1) is 5.92 Å². The zero-order valence-corrected chi connectivity index (χ0v) is 11.2. The molecule has 0 aliphatic rings. The topological polar surface area (TPSA) is 32.7 Å². The fourth-order valence-corrected chi connectivity index (χ4v) is 1.86. The van der Waals surface area contributed by atoms with Crippen molar-refractivity contribution in [1.82, 2.24) is 4.90 Å². The van der Waals surface area contributed by atoms with Crippen molar-refractivity contribution in [1.29, 1.82) is 0 Å². The molecule has 96 valence electrons. The molecule has 0 aliphatic heterocycles. The molecule has 0 saturated carbocycles. The van der Waals surface area contributed by atoms with Crippen LogP contribution < -0.4 is 4.74 Å². The van der Waals surface area contributed by atoms with Crippen molar-refractivity contribution in [2.24, 2.45) is 5.92 Å². The van der Waals surface area contributed by atoms with Gasteiger partial charge in [0, 0.05) is 13.1 Å². The SMILES string of the molecule is CCC(C)CN(C)Cc1ccc(O)c(OC)c1. The Kier molecular flexibility index (Phi) is 5.29. The van der Waals surface area contributed by atoms with Crippen molar-refractivity contribution in [2.75, 3.05) is 20.7 Å². The first-order valence-corrected chi connectivity index (χ1v) is 6.11. The van der Waals surface area contributed by atoms with Crippen LogP contribution in [0.5, 0.6) is 11.5 Å². The normalized spacial score (nSPS) is 12.8. The number of hydrogen-bond donors (Lipinski definition) is 1. The van der Waals surface area contributed by atoms with Crippen molar-refractivity contribution in [3.05, 3.63) is 23.8 Å². The lowest BCUT2D eigenvalue weighted by Gasteiger charge is -2.20. The van der Waals surface area contributed by atoms with Crippen LogP contribution in [0.2, 0.25) is 0 Å².